The molecular weight excluding hydrogens is 426 g/mol. The highest BCUT2D eigenvalue weighted by Crippen LogP contribution is 2.23. The molecule has 2 heterocycles. The van der Waals surface area contributed by atoms with Crippen molar-refractivity contribution in [3.8, 4) is 5.69 Å². The summed E-state index contributed by atoms with van der Waals surface area (Å²) < 4.78 is 1.31. The third kappa shape index (κ3) is 5.18. The predicted molar refractivity (Wildman–Crippen MR) is 127 cm³/mol. The van der Waals surface area contributed by atoms with Gasteiger partial charge in [0.1, 0.15) is 5.02 Å². The number of hydrogen-bond acceptors (Lipinski definition) is 5. The first-order chi connectivity index (χ1) is 15.5. The van der Waals surface area contributed by atoms with E-state index >= 15 is 0 Å². The van der Waals surface area contributed by atoms with Gasteiger partial charge in [-0.15, -0.1) is 0 Å². The van der Waals surface area contributed by atoms with Crippen molar-refractivity contribution < 1.29 is 4.79 Å². The van der Waals surface area contributed by atoms with Gasteiger partial charge in [-0.05, 0) is 24.6 Å². The highest BCUT2D eigenvalue weighted by atomic mass is 35.5. The van der Waals surface area contributed by atoms with E-state index in [1.54, 1.807) is 6.20 Å². The Morgan fingerprint density at radius 2 is 1.72 bits per heavy atom. The van der Waals surface area contributed by atoms with Gasteiger partial charge in [0, 0.05) is 32.7 Å². The molecule has 0 radical (unpaired) electrons. The zero-order chi connectivity index (χ0) is 22.5. The van der Waals surface area contributed by atoms with Crippen molar-refractivity contribution >= 4 is 23.2 Å². The topological polar surface area (TPSA) is 70.5 Å². The van der Waals surface area contributed by atoms with Crippen molar-refractivity contribution in [1.29, 1.82) is 0 Å². The summed E-state index contributed by atoms with van der Waals surface area (Å²) in [5.41, 5.74) is 3.25. The number of rotatable bonds is 6. The van der Waals surface area contributed by atoms with Crippen LogP contribution in [0.4, 0.5) is 5.69 Å². The van der Waals surface area contributed by atoms with Crippen LogP contribution in [0.2, 0.25) is 5.02 Å². The molecule has 166 valence electrons. The molecule has 0 unspecified atom stereocenters. The second kappa shape index (κ2) is 9.97. The molecule has 0 spiro atoms. The van der Waals surface area contributed by atoms with Gasteiger partial charge < -0.3 is 10.2 Å². The molecule has 0 saturated carbocycles. The van der Waals surface area contributed by atoms with Crippen molar-refractivity contribution in [3.63, 3.8) is 0 Å². The average Bonchev–Trinajstić information content (AvgIpc) is 2.82. The summed E-state index contributed by atoms with van der Waals surface area (Å²) >= 11 is 6.42. The molecule has 1 amide bonds. The van der Waals surface area contributed by atoms with E-state index in [-0.39, 0.29) is 16.5 Å². The molecule has 7 nitrogen and oxygen atoms in total. The van der Waals surface area contributed by atoms with Gasteiger partial charge in [-0.2, -0.15) is 9.78 Å². The molecule has 2 aromatic carbocycles. The Hall–Kier alpha value is -3.16. The number of para-hydroxylation sites is 1. The Kier molecular flexibility index (Phi) is 6.87. The predicted octanol–water partition coefficient (Wildman–Crippen LogP) is 2.63. The van der Waals surface area contributed by atoms with Gasteiger partial charge in [-0.3, -0.25) is 14.5 Å². The standard InChI is InChI=1S/C24H26ClN5O2/c1-18-7-9-19(10-8-18)15-26-22(31)17-28-11-13-29(14-12-28)21-16-27-30(24(32)23(21)25)20-5-3-2-4-6-20/h2-10,16H,11-15,17H2,1H3,(H,26,31). The molecule has 0 atom stereocenters. The Bertz CT molecular complexity index is 1120. The number of amides is 1. The van der Waals surface area contributed by atoms with E-state index in [0.717, 1.165) is 5.56 Å². The van der Waals surface area contributed by atoms with E-state index in [1.165, 1.54) is 10.2 Å². The smallest absolute Gasteiger partial charge is 0.292 e. The number of piperazine rings is 1. The summed E-state index contributed by atoms with van der Waals surface area (Å²) in [6.07, 6.45) is 1.64. The number of halogens is 1. The van der Waals surface area contributed by atoms with Gasteiger partial charge in [0.05, 0.1) is 24.1 Å². The van der Waals surface area contributed by atoms with Gasteiger partial charge in [-0.25, -0.2) is 0 Å². The van der Waals surface area contributed by atoms with Gasteiger partial charge in [0.15, 0.2) is 0 Å². The first kappa shape index (κ1) is 22.0. The second-order valence-electron chi connectivity index (χ2n) is 7.92. The van der Waals surface area contributed by atoms with Gasteiger partial charge in [0.25, 0.3) is 5.56 Å². The van der Waals surface area contributed by atoms with E-state index < -0.39 is 0 Å². The molecule has 1 aliphatic heterocycles. The number of aromatic nitrogens is 2. The first-order valence-corrected chi connectivity index (χ1v) is 11.0. The molecule has 4 rings (SSSR count). The Morgan fingerprint density at radius 1 is 1.03 bits per heavy atom. The van der Waals surface area contributed by atoms with Crippen molar-refractivity contribution in [1.82, 2.24) is 20.0 Å². The third-order valence-corrected chi connectivity index (χ3v) is 5.95. The first-order valence-electron chi connectivity index (χ1n) is 10.6. The van der Waals surface area contributed by atoms with Crippen LogP contribution in [0.15, 0.2) is 65.6 Å². The Morgan fingerprint density at radius 3 is 2.41 bits per heavy atom. The van der Waals surface area contributed by atoms with Crippen molar-refractivity contribution in [2.24, 2.45) is 0 Å². The molecule has 1 saturated heterocycles. The fourth-order valence-corrected chi connectivity index (χ4v) is 3.96. The quantitative estimate of drug-likeness (QED) is 0.624. The number of nitrogens with one attached hydrogen (secondary N) is 1. The lowest BCUT2D eigenvalue weighted by atomic mass is 10.1. The highest BCUT2D eigenvalue weighted by Gasteiger charge is 2.22. The summed E-state index contributed by atoms with van der Waals surface area (Å²) in [5, 5.41) is 7.45. The molecule has 0 bridgehead atoms. The molecule has 1 aromatic heterocycles. The van der Waals surface area contributed by atoms with Crippen LogP contribution in [0, 0.1) is 6.92 Å². The van der Waals surface area contributed by atoms with E-state index in [1.807, 2.05) is 66.4 Å². The maximum absolute atomic E-state index is 12.7. The number of benzene rings is 2. The van der Waals surface area contributed by atoms with E-state index in [9.17, 15) is 9.59 Å². The summed E-state index contributed by atoms with van der Waals surface area (Å²) in [6.45, 7) is 5.66. The molecule has 1 N–H and O–H groups in total. The largest absolute Gasteiger partial charge is 0.366 e. The van der Waals surface area contributed by atoms with Crippen molar-refractivity contribution in [2.75, 3.05) is 37.6 Å². The average molecular weight is 452 g/mol. The van der Waals surface area contributed by atoms with Gasteiger partial charge in [-0.1, -0.05) is 59.6 Å². The fourth-order valence-electron chi connectivity index (χ4n) is 3.71. The molecule has 32 heavy (non-hydrogen) atoms. The molecule has 3 aromatic rings. The number of carbonyl (C=O) groups excluding carboxylic acids is 1. The molecular formula is C24H26ClN5O2. The summed E-state index contributed by atoms with van der Waals surface area (Å²) in [4.78, 5) is 29.2. The summed E-state index contributed by atoms with van der Waals surface area (Å²) in [6, 6.07) is 17.3. The molecule has 1 aliphatic rings. The van der Waals surface area contributed by atoms with Crippen LogP contribution in [-0.2, 0) is 11.3 Å². The number of hydrogen-bond donors (Lipinski definition) is 1. The minimum Gasteiger partial charge on any atom is -0.366 e. The van der Waals surface area contributed by atoms with E-state index in [0.29, 0.717) is 50.6 Å². The lowest BCUT2D eigenvalue weighted by Gasteiger charge is -2.35. The number of nitrogens with zero attached hydrogens (tertiary/aromatic N) is 4. The minimum atomic E-state index is -0.340. The number of anilines is 1. The summed E-state index contributed by atoms with van der Waals surface area (Å²) in [5.74, 6) is 0.00387. The maximum atomic E-state index is 12.7. The number of aryl methyl sites for hydroxylation is 1. The van der Waals surface area contributed by atoms with Gasteiger partial charge >= 0.3 is 0 Å². The normalized spacial score (nSPS) is 14.4. The van der Waals surface area contributed by atoms with E-state index in [4.69, 9.17) is 11.6 Å². The highest BCUT2D eigenvalue weighted by molar-refractivity contribution is 6.33. The third-order valence-electron chi connectivity index (χ3n) is 5.59. The summed E-state index contributed by atoms with van der Waals surface area (Å²) in [7, 11) is 0. The van der Waals surface area contributed by atoms with Crippen LogP contribution < -0.4 is 15.8 Å². The lowest BCUT2D eigenvalue weighted by molar-refractivity contribution is -0.122. The minimum absolute atomic E-state index is 0.00387. The Balaban J connectivity index is 1.31. The van der Waals surface area contributed by atoms with Crippen LogP contribution in [0.5, 0.6) is 0 Å². The second-order valence-corrected chi connectivity index (χ2v) is 8.30. The Labute approximate surface area is 192 Å². The van der Waals surface area contributed by atoms with Crippen LogP contribution in [0.1, 0.15) is 11.1 Å². The SMILES string of the molecule is Cc1ccc(CNC(=O)CN2CCN(c3cnn(-c4ccccc4)c(=O)c3Cl)CC2)cc1. The van der Waals surface area contributed by atoms with Gasteiger partial charge in [0.2, 0.25) is 5.91 Å². The van der Waals surface area contributed by atoms with E-state index in [2.05, 4.69) is 15.3 Å². The van der Waals surface area contributed by atoms with Crippen molar-refractivity contribution in [2.45, 2.75) is 13.5 Å². The monoisotopic (exact) mass is 451 g/mol. The molecule has 1 fully saturated rings. The molecule has 8 heteroatoms. The number of carbonyl (C=O) groups is 1. The fraction of sp³-hybridized carbons (Fsp3) is 0.292. The van der Waals surface area contributed by atoms with Crippen molar-refractivity contribution in [3.05, 3.63) is 87.3 Å². The van der Waals surface area contributed by atoms with Crippen LogP contribution in [-0.4, -0.2) is 53.3 Å². The van der Waals surface area contributed by atoms with Crippen LogP contribution >= 0.6 is 11.6 Å². The van der Waals surface area contributed by atoms with Crippen LogP contribution in [0.25, 0.3) is 5.69 Å². The maximum Gasteiger partial charge on any atom is 0.292 e. The zero-order valence-corrected chi connectivity index (χ0v) is 18.8. The van der Waals surface area contributed by atoms with Crippen LogP contribution in [0.3, 0.4) is 0 Å². The zero-order valence-electron chi connectivity index (χ0n) is 18.0. The lowest BCUT2D eigenvalue weighted by Crippen LogP contribution is -2.49. The molecule has 0 aliphatic carbocycles.